The molecule has 0 amide bonds. The molecule has 0 spiro atoms. The summed E-state index contributed by atoms with van der Waals surface area (Å²) in [5.41, 5.74) is -2.44. The van der Waals surface area contributed by atoms with Crippen LogP contribution in [0.1, 0.15) is 5.69 Å². The van der Waals surface area contributed by atoms with Crippen molar-refractivity contribution in [2.75, 3.05) is 13.7 Å². The summed E-state index contributed by atoms with van der Waals surface area (Å²) in [4.78, 5) is 15.2. The van der Waals surface area contributed by atoms with Crippen molar-refractivity contribution < 1.29 is 37.0 Å². The summed E-state index contributed by atoms with van der Waals surface area (Å²) >= 11 is 17.4. The molecule has 0 fully saturated rings. The van der Waals surface area contributed by atoms with E-state index in [9.17, 15) is 22.4 Å². The number of benzene rings is 1. The first-order valence-corrected chi connectivity index (χ1v) is 7.67. The molecule has 1 aromatic carbocycles. The zero-order chi connectivity index (χ0) is 19.8. The van der Waals surface area contributed by atoms with Gasteiger partial charge in [-0.05, 0) is 12.1 Å². The van der Waals surface area contributed by atoms with Crippen molar-refractivity contribution in [1.82, 2.24) is 4.73 Å². The van der Waals surface area contributed by atoms with Crippen LogP contribution in [-0.4, -0.2) is 29.5 Å². The van der Waals surface area contributed by atoms with Crippen molar-refractivity contribution in [3.05, 3.63) is 38.8 Å². The van der Waals surface area contributed by atoms with Gasteiger partial charge in [0, 0.05) is 11.1 Å². The minimum atomic E-state index is -4.94. The predicted molar refractivity (Wildman–Crippen MR) is 85.5 cm³/mol. The average Bonchev–Trinajstić information content (AvgIpc) is 2.77. The Morgan fingerprint density at radius 1 is 1.27 bits per heavy atom. The van der Waals surface area contributed by atoms with Crippen LogP contribution >= 0.6 is 34.8 Å². The molecule has 1 N–H and O–H groups in total. The second kappa shape index (κ2) is 7.42. The third-order valence-corrected chi connectivity index (χ3v) is 4.11. The van der Waals surface area contributed by atoms with Crippen LogP contribution in [0.5, 0.6) is 5.75 Å². The molecule has 0 aliphatic heterocycles. The molecule has 0 atom stereocenters. The number of carbonyl (C=O) groups is 1. The molecule has 142 valence electrons. The van der Waals surface area contributed by atoms with E-state index in [2.05, 4.69) is 4.84 Å². The lowest BCUT2D eigenvalue weighted by atomic mass is 10.1. The number of alkyl halides is 3. The Hall–Kier alpha value is -1.84. The largest absolute Gasteiger partial charge is 0.480 e. The lowest BCUT2D eigenvalue weighted by Crippen LogP contribution is -2.18. The number of carboxylic acids is 1. The number of hydrogen-bond donors (Lipinski definition) is 1. The van der Waals surface area contributed by atoms with Crippen molar-refractivity contribution in [3.8, 4) is 16.9 Å². The van der Waals surface area contributed by atoms with E-state index in [1.807, 2.05) is 0 Å². The Morgan fingerprint density at radius 2 is 1.88 bits per heavy atom. The summed E-state index contributed by atoms with van der Waals surface area (Å²) in [5, 5.41) is 6.79. The fraction of sp³-hybridized carbons (Fsp3) is 0.214. The van der Waals surface area contributed by atoms with Gasteiger partial charge in [-0.15, -0.1) is 0 Å². The zero-order valence-corrected chi connectivity index (χ0v) is 14.9. The average molecular weight is 437 g/mol. The van der Waals surface area contributed by atoms with Gasteiger partial charge in [-0.2, -0.15) is 17.9 Å². The monoisotopic (exact) mass is 435 g/mol. The molecule has 0 unspecified atom stereocenters. The fourth-order valence-corrected chi connectivity index (χ4v) is 3.09. The molecule has 2 aromatic rings. The third-order valence-electron chi connectivity index (χ3n) is 3.11. The molecule has 0 aliphatic carbocycles. The van der Waals surface area contributed by atoms with E-state index >= 15 is 0 Å². The molecule has 2 rings (SSSR count). The van der Waals surface area contributed by atoms with Crippen LogP contribution in [0.15, 0.2) is 12.1 Å². The summed E-state index contributed by atoms with van der Waals surface area (Å²) in [6, 6.07) is 1.63. The molecular weight excluding hydrogens is 429 g/mol. The van der Waals surface area contributed by atoms with E-state index in [0.717, 1.165) is 19.2 Å². The van der Waals surface area contributed by atoms with Gasteiger partial charge in [0.05, 0.1) is 10.0 Å². The quantitative estimate of drug-likeness (QED) is 0.685. The lowest BCUT2D eigenvalue weighted by molar-refractivity contribution is -0.150. The topological polar surface area (TPSA) is 60.7 Å². The summed E-state index contributed by atoms with van der Waals surface area (Å²) in [7, 11) is 0.918. The lowest BCUT2D eigenvalue weighted by Gasteiger charge is -2.10. The summed E-state index contributed by atoms with van der Waals surface area (Å²) in [6.45, 7) is -0.806. The molecule has 0 saturated carbocycles. The normalized spacial score (nSPS) is 11.5. The Morgan fingerprint density at radius 3 is 2.35 bits per heavy atom. The van der Waals surface area contributed by atoms with Crippen molar-refractivity contribution in [3.63, 3.8) is 0 Å². The van der Waals surface area contributed by atoms with Crippen molar-refractivity contribution >= 4 is 40.8 Å². The molecule has 0 bridgehead atoms. The highest BCUT2D eigenvalue weighted by Crippen LogP contribution is 2.47. The van der Waals surface area contributed by atoms with Gasteiger partial charge in [-0.3, -0.25) is 0 Å². The van der Waals surface area contributed by atoms with E-state index < -0.39 is 51.6 Å². The first kappa shape index (κ1) is 20.5. The summed E-state index contributed by atoms with van der Waals surface area (Å²) < 4.78 is 59.0. The standard InChI is InChI=1S/C14H8Cl3F4NO4/c1-25-22-12(14(19,20)21)11(16)10(13(22)17)5-2-8(26-4-9(23)24)6(15)3-7(5)18/h2-3H,4H2,1H3,(H,23,24). The minimum Gasteiger partial charge on any atom is -0.480 e. The predicted octanol–water partition coefficient (Wildman–Crippen LogP) is 4.80. The van der Waals surface area contributed by atoms with E-state index in [0.29, 0.717) is 0 Å². The van der Waals surface area contributed by atoms with Crippen molar-refractivity contribution in [2.45, 2.75) is 6.18 Å². The Balaban J connectivity index is 2.70. The maximum absolute atomic E-state index is 14.3. The van der Waals surface area contributed by atoms with Crippen LogP contribution in [0.3, 0.4) is 0 Å². The number of hydrogen-bond acceptors (Lipinski definition) is 3. The SMILES string of the molecule is COn1c(Cl)c(-c2cc(OCC(=O)O)c(Cl)cc2F)c(Cl)c1C(F)(F)F. The second-order valence-electron chi connectivity index (χ2n) is 4.75. The van der Waals surface area contributed by atoms with Crippen LogP contribution in [0.2, 0.25) is 15.2 Å². The smallest absolute Gasteiger partial charge is 0.436 e. The molecule has 1 heterocycles. The van der Waals surface area contributed by atoms with E-state index in [4.69, 9.17) is 44.6 Å². The highest BCUT2D eigenvalue weighted by atomic mass is 35.5. The molecule has 0 saturated heterocycles. The molecular formula is C14H8Cl3F4NO4. The van der Waals surface area contributed by atoms with Crippen molar-refractivity contribution in [1.29, 1.82) is 0 Å². The molecule has 26 heavy (non-hydrogen) atoms. The van der Waals surface area contributed by atoms with Crippen LogP contribution < -0.4 is 9.57 Å². The number of carboxylic acid groups (broad SMARTS) is 1. The molecule has 1 aromatic heterocycles. The second-order valence-corrected chi connectivity index (χ2v) is 5.89. The van der Waals surface area contributed by atoms with Crippen LogP contribution in [0, 0.1) is 5.82 Å². The molecule has 5 nitrogen and oxygen atoms in total. The Bertz CT molecular complexity index is 867. The van der Waals surface area contributed by atoms with Gasteiger partial charge in [0.1, 0.15) is 18.7 Å². The molecule has 0 aliphatic rings. The number of halogens is 7. The number of aromatic nitrogens is 1. The van der Waals surface area contributed by atoms with Gasteiger partial charge >= 0.3 is 12.1 Å². The minimum absolute atomic E-state index is 0.199. The summed E-state index contributed by atoms with van der Waals surface area (Å²) in [5.74, 6) is -2.67. The van der Waals surface area contributed by atoms with E-state index in [1.165, 1.54) is 0 Å². The van der Waals surface area contributed by atoms with E-state index in [1.54, 1.807) is 0 Å². The van der Waals surface area contributed by atoms with Crippen LogP contribution in [-0.2, 0) is 11.0 Å². The third kappa shape index (κ3) is 3.79. The number of aliphatic carboxylic acids is 1. The maximum Gasteiger partial charge on any atom is 0.436 e. The van der Waals surface area contributed by atoms with Crippen LogP contribution in [0.4, 0.5) is 17.6 Å². The number of ether oxygens (including phenoxy) is 1. The molecule has 12 heteroatoms. The first-order chi connectivity index (χ1) is 12.0. The van der Waals surface area contributed by atoms with Crippen LogP contribution in [0.25, 0.3) is 11.1 Å². The Labute approximate surface area is 158 Å². The van der Waals surface area contributed by atoms with Gasteiger partial charge in [0.2, 0.25) is 0 Å². The Kier molecular flexibility index (Phi) is 5.84. The fourth-order valence-electron chi connectivity index (χ4n) is 2.11. The highest BCUT2D eigenvalue weighted by Gasteiger charge is 2.42. The van der Waals surface area contributed by atoms with Gasteiger partial charge in [0.15, 0.2) is 17.5 Å². The van der Waals surface area contributed by atoms with E-state index in [-0.39, 0.29) is 15.5 Å². The van der Waals surface area contributed by atoms with Gasteiger partial charge in [-0.1, -0.05) is 34.8 Å². The number of rotatable bonds is 5. The van der Waals surface area contributed by atoms with Gasteiger partial charge < -0.3 is 14.7 Å². The van der Waals surface area contributed by atoms with Gasteiger partial charge in [-0.25, -0.2) is 9.18 Å². The number of nitrogens with zero attached hydrogens (tertiary/aromatic N) is 1. The maximum atomic E-state index is 14.3. The van der Waals surface area contributed by atoms with Gasteiger partial charge in [0.25, 0.3) is 0 Å². The first-order valence-electron chi connectivity index (χ1n) is 6.54. The van der Waals surface area contributed by atoms with Crippen molar-refractivity contribution in [2.24, 2.45) is 0 Å². The summed E-state index contributed by atoms with van der Waals surface area (Å²) in [6.07, 6.45) is -4.94. The molecule has 0 radical (unpaired) electrons. The highest BCUT2D eigenvalue weighted by molar-refractivity contribution is 6.40. The zero-order valence-electron chi connectivity index (χ0n) is 12.6.